The number of hydrogen-bond donors (Lipinski definition) is 1. The molecule has 1 heterocycles. The average Bonchev–Trinajstić information content (AvgIpc) is 2.28. The summed E-state index contributed by atoms with van der Waals surface area (Å²) in [5, 5.41) is 0. The van der Waals surface area contributed by atoms with Crippen LogP contribution in [0.4, 0.5) is 11.8 Å². The first-order valence-corrected chi connectivity index (χ1v) is 5.57. The SMILES string of the molecule is CCCCCN(C)c1cc(OC)nc(N)n1. The van der Waals surface area contributed by atoms with Crippen molar-refractivity contribution in [3.63, 3.8) is 0 Å². The number of aromatic nitrogens is 2. The first-order valence-electron chi connectivity index (χ1n) is 5.57. The molecule has 5 nitrogen and oxygen atoms in total. The minimum Gasteiger partial charge on any atom is -0.481 e. The van der Waals surface area contributed by atoms with Crippen molar-refractivity contribution in [2.75, 3.05) is 31.3 Å². The van der Waals surface area contributed by atoms with Gasteiger partial charge in [0.25, 0.3) is 0 Å². The van der Waals surface area contributed by atoms with Gasteiger partial charge in [-0.2, -0.15) is 9.97 Å². The fourth-order valence-corrected chi connectivity index (χ4v) is 1.44. The Morgan fingerprint density at radius 2 is 2.12 bits per heavy atom. The molecule has 0 amide bonds. The van der Waals surface area contributed by atoms with E-state index in [1.165, 1.54) is 12.8 Å². The zero-order chi connectivity index (χ0) is 12.0. The van der Waals surface area contributed by atoms with Crippen molar-refractivity contribution in [1.82, 2.24) is 9.97 Å². The van der Waals surface area contributed by atoms with Gasteiger partial charge in [0, 0.05) is 19.7 Å². The maximum absolute atomic E-state index is 5.60. The van der Waals surface area contributed by atoms with E-state index >= 15 is 0 Å². The number of methoxy groups -OCH3 is 1. The van der Waals surface area contributed by atoms with Gasteiger partial charge >= 0.3 is 0 Å². The second-order valence-corrected chi connectivity index (χ2v) is 3.76. The molecule has 2 N–H and O–H groups in total. The molecule has 1 aromatic rings. The number of hydrogen-bond acceptors (Lipinski definition) is 5. The topological polar surface area (TPSA) is 64.3 Å². The second-order valence-electron chi connectivity index (χ2n) is 3.76. The minimum absolute atomic E-state index is 0.247. The third-order valence-corrected chi connectivity index (χ3v) is 2.40. The molecule has 0 atom stereocenters. The van der Waals surface area contributed by atoms with Gasteiger partial charge in [0.05, 0.1) is 7.11 Å². The molecule has 0 aliphatic rings. The van der Waals surface area contributed by atoms with Crippen LogP contribution < -0.4 is 15.4 Å². The van der Waals surface area contributed by atoms with E-state index in [-0.39, 0.29) is 5.95 Å². The van der Waals surface area contributed by atoms with Crippen molar-refractivity contribution in [2.45, 2.75) is 26.2 Å². The summed E-state index contributed by atoms with van der Waals surface area (Å²) >= 11 is 0. The highest BCUT2D eigenvalue weighted by Crippen LogP contribution is 2.17. The summed E-state index contributed by atoms with van der Waals surface area (Å²) < 4.78 is 5.05. The van der Waals surface area contributed by atoms with Crippen LogP contribution in [0.25, 0.3) is 0 Å². The monoisotopic (exact) mass is 224 g/mol. The van der Waals surface area contributed by atoms with Crippen molar-refractivity contribution >= 4 is 11.8 Å². The summed E-state index contributed by atoms with van der Waals surface area (Å²) in [5.41, 5.74) is 5.60. The van der Waals surface area contributed by atoms with Gasteiger partial charge in [-0.3, -0.25) is 0 Å². The van der Waals surface area contributed by atoms with E-state index in [0.29, 0.717) is 5.88 Å². The van der Waals surface area contributed by atoms with Crippen LogP contribution in [0.2, 0.25) is 0 Å². The van der Waals surface area contributed by atoms with E-state index < -0.39 is 0 Å². The summed E-state index contributed by atoms with van der Waals surface area (Å²) in [4.78, 5) is 10.2. The molecule has 0 saturated carbocycles. The fraction of sp³-hybridized carbons (Fsp3) is 0.636. The van der Waals surface area contributed by atoms with Crippen LogP contribution in [0.5, 0.6) is 5.88 Å². The molecule has 90 valence electrons. The number of anilines is 2. The second kappa shape index (κ2) is 6.15. The van der Waals surface area contributed by atoms with Crippen LogP contribution in [0.15, 0.2) is 6.07 Å². The van der Waals surface area contributed by atoms with Gasteiger partial charge < -0.3 is 15.4 Å². The molecule has 0 bridgehead atoms. The van der Waals surface area contributed by atoms with Gasteiger partial charge in [-0.1, -0.05) is 19.8 Å². The van der Waals surface area contributed by atoms with E-state index in [1.807, 2.05) is 7.05 Å². The Bertz CT molecular complexity index is 330. The molecule has 0 unspecified atom stereocenters. The highest BCUT2D eigenvalue weighted by molar-refractivity contribution is 5.44. The molecule has 0 spiro atoms. The van der Waals surface area contributed by atoms with Gasteiger partial charge in [-0.05, 0) is 6.42 Å². The summed E-state index contributed by atoms with van der Waals surface area (Å²) in [7, 11) is 3.57. The Balaban J connectivity index is 2.66. The molecule has 1 rings (SSSR count). The highest BCUT2D eigenvalue weighted by Gasteiger charge is 2.06. The maximum Gasteiger partial charge on any atom is 0.225 e. The Labute approximate surface area is 96.6 Å². The molecule has 0 fully saturated rings. The Hall–Kier alpha value is -1.52. The Morgan fingerprint density at radius 1 is 1.38 bits per heavy atom. The number of rotatable bonds is 6. The first-order chi connectivity index (χ1) is 7.67. The summed E-state index contributed by atoms with van der Waals surface area (Å²) in [5.74, 6) is 1.56. The van der Waals surface area contributed by atoms with Gasteiger partial charge in [-0.15, -0.1) is 0 Å². The molecule has 0 aliphatic carbocycles. The zero-order valence-corrected chi connectivity index (χ0v) is 10.2. The molecule has 0 aliphatic heterocycles. The lowest BCUT2D eigenvalue weighted by atomic mass is 10.2. The Kier molecular flexibility index (Phi) is 4.82. The average molecular weight is 224 g/mol. The first kappa shape index (κ1) is 12.5. The smallest absolute Gasteiger partial charge is 0.225 e. The van der Waals surface area contributed by atoms with Crippen molar-refractivity contribution in [3.05, 3.63) is 6.07 Å². The summed E-state index contributed by atoms with van der Waals surface area (Å²) in [6, 6.07) is 1.79. The number of nitrogen functional groups attached to an aromatic ring is 1. The number of ether oxygens (including phenoxy) is 1. The van der Waals surface area contributed by atoms with Gasteiger partial charge in [0.1, 0.15) is 5.82 Å². The number of nitrogens with zero attached hydrogens (tertiary/aromatic N) is 3. The number of unbranched alkanes of at least 4 members (excludes halogenated alkanes) is 2. The highest BCUT2D eigenvalue weighted by atomic mass is 16.5. The van der Waals surface area contributed by atoms with Crippen molar-refractivity contribution in [2.24, 2.45) is 0 Å². The van der Waals surface area contributed by atoms with Crippen molar-refractivity contribution in [3.8, 4) is 5.88 Å². The lowest BCUT2D eigenvalue weighted by Gasteiger charge is -2.18. The number of nitrogens with two attached hydrogens (primary N) is 1. The van der Waals surface area contributed by atoms with Gasteiger partial charge in [-0.25, -0.2) is 0 Å². The molecular weight excluding hydrogens is 204 g/mol. The van der Waals surface area contributed by atoms with Gasteiger partial charge in [0.15, 0.2) is 0 Å². The van der Waals surface area contributed by atoms with Gasteiger partial charge in [0.2, 0.25) is 11.8 Å². The fourth-order valence-electron chi connectivity index (χ4n) is 1.44. The standard InChI is InChI=1S/C11H20N4O/c1-4-5-6-7-15(2)9-8-10(16-3)14-11(12)13-9/h8H,4-7H2,1-3H3,(H2,12,13,14). The predicted molar refractivity (Wildman–Crippen MR) is 65.8 cm³/mol. The zero-order valence-electron chi connectivity index (χ0n) is 10.2. The van der Waals surface area contributed by atoms with E-state index in [2.05, 4.69) is 21.8 Å². The van der Waals surface area contributed by atoms with E-state index in [9.17, 15) is 0 Å². The molecule has 0 radical (unpaired) electrons. The molecule has 16 heavy (non-hydrogen) atoms. The summed E-state index contributed by atoms with van der Waals surface area (Å²) in [6.07, 6.45) is 3.59. The predicted octanol–water partition coefficient (Wildman–Crippen LogP) is 1.69. The van der Waals surface area contributed by atoms with E-state index in [4.69, 9.17) is 10.5 Å². The molecular formula is C11H20N4O. The third kappa shape index (κ3) is 3.56. The largest absolute Gasteiger partial charge is 0.481 e. The minimum atomic E-state index is 0.247. The quantitative estimate of drug-likeness (QED) is 0.745. The van der Waals surface area contributed by atoms with Crippen LogP contribution in [-0.2, 0) is 0 Å². The normalized spacial score (nSPS) is 10.2. The van der Waals surface area contributed by atoms with Crippen LogP contribution in [0, 0.1) is 0 Å². The Morgan fingerprint density at radius 3 is 2.75 bits per heavy atom. The van der Waals surface area contributed by atoms with Crippen LogP contribution >= 0.6 is 0 Å². The lowest BCUT2D eigenvalue weighted by molar-refractivity contribution is 0.397. The third-order valence-electron chi connectivity index (χ3n) is 2.40. The maximum atomic E-state index is 5.60. The van der Waals surface area contributed by atoms with Crippen molar-refractivity contribution < 1.29 is 4.74 Å². The van der Waals surface area contributed by atoms with Crippen LogP contribution in [0.1, 0.15) is 26.2 Å². The van der Waals surface area contributed by atoms with E-state index in [0.717, 1.165) is 18.8 Å². The van der Waals surface area contributed by atoms with Crippen molar-refractivity contribution in [1.29, 1.82) is 0 Å². The molecule has 1 aromatic heterocycles. The summed E-state index contributed by atoms with van der Waals surface area (Å²) in [6.45, 7) is 3.15. The molecule has 5 heteroatoms. The molecule has 0 aromatic carbocycles. The molecule has 0 saturated heterocycles. The van der Waals surface area contributed by atoms with Crippen LogP contribution in [0.3, 0.4) is 0 Å². The lowest BCUT2D eigenvalue weighted by Crippen LogP contribution is -2.20. The van der Waals surface area contributed by atoms with Crippen LogP contribution in [-0.4, -0.2) is 30.7 Å². The van der Waals surface area contributed by atoms with E-state index in [1.54, 1.807) is 13.2 Å².